The van der Waals surface area contributed by atoms with E-state index in [1.165, 1.54) is 20.2 Å². The van der Waals surface area contributed by atoms with Crippen LogP contribution in [0, 0.1) is 5.92 Å². The summed E-state index contributed by atoms with van der Waals surface area (Å²) in [4.78, 5) is 56.3. The Morgan fingerprint density at radius 2 is 1.74 bits per heavy atom. The minimum absolute atomic E-state index is 0.0284. The van der Waals surface area contributed by atoms with Gasteiger partial charge in [-0.05, 0) is 61.2 Å². The fourth-order valence-corrected chi connectivity index (χ4v) is 8.42. The van der Waals surface area contributed by atoms with E-state index in [0.29, 0.717) is 37.8 Å². The van der Waals surface area contributed by atoms with Crippen LogP contribution in [0.25, 0.3) is 53.6 Å². The molecule has 4 heterocycles. The summed E-state index contributed by atoms with van der Waals surface area (Å²) in [5, 5.41) is 7.88. The number of likely N-dealkylation sites (N-methyl/N-ethyl adjacent to an activating group) is 1. The van der Waals surface area contributed by atoms with Crippen molar-refractivity contribution in [2.24, 2.45) is 5.92 Å². The summed E-state index contributed by atoms with van der Waals surface area (Å²) in [5.74, 6) is 1.91. The van der Waals surface area contributed by atoms with Crippen LogP contribution in [-0.4, -0.2) is 81.2 Å². The molecule has 7 rings (SSSR count). The Morgan fingerprint density at radius 1 is 1.00 bits per heavy atom. The van der Waals surface area contributed by atoms with E-state index in [2.05, 4.69) is 87.1 Å². The van der Waals surface area contributed by atoms with Crippen LogP contribution in [0.5, 0.6) is 0 Å². The Morgan fingerprint density at radius 3 is 2.48 bits per heavy atom. The van der Waals surface area contributed by atoms with Gasteiger partial charge in [0.1, 0.15) is 11.6 Å². The SMILES string of the molecule is CCCN(Cc1ncc(-c2ccc3c(c2)sc2cc(-c4ccc5nc([C@@H]6[C@H](CC)CCN6C(=O)CNC)[nH]c5c4)ccc23)[nH]1)C(=O)CNC=O. The molecular formula is C38H42N8O3S. The Hall–Kier alpha value is -5.07. The van der Waals surface area contributed by atoms with Gasteiger partial charge in [-0.15, -0.1) is 11.3 Å². The molecule has 50 heavy (non-hydrogen) atoms. The molecule has 258 valence electrons. The molecule has 3 amide bonds. The standard InChI is InChI=1S/C38H42N8O3S/c1-4-13-45(35(48)20-40-22-47)21-34-41-18-31(42-34)26-7-10-28-27-9-6-25(16-32(27)50-33(28)17-26)24-8-11-29-30(15-24)44-38(43-29)37-23(5-2)12-14-46(37)36(49)19-39-3/h6-11,15-18,22-23,37,39H,4-5,12-14,19-21H2,1-3H3,(H,40,47)(H,41,42)(H,43,44)/t23-,37+/m1/s1. The highest BCUT2D eigenvalue weighted by Gasteiger charge is 2.38. The van der Waals surface area contributed by atoms with Gasteiger partial charge in [0.25, 0.3) is 0 Å². The van der Waals surface area contributed by atoms with E-state index in [9.17, 15) is 14.4 Å². The number of amides is 3. The molecule has 12 heteroatoms. The maximum absolute atomic E-state index is 12.9. The molecule has 0 spiro atoms. The van der Waals surface area contributed by atoms with E-state index in [1.807, 2.05) is 18.0 Å². The van der Waals surface area contributed by atoms with E-state index >= 15 is 0 Å². The first-order valence-corrected chi connectivity index (χ1v) is 18.1. The Labute approximate surface area is 294 Å². The maximum atomic E-state index is 12.9. The van der Waals surface area contributed by atoms with Crippen molar-refractivity contribution in [2.75, 3.05) is 33.2 Å². The zero-order chi connectivity index (χ0) is 34.8. The Bertz CT molecular complexity index is 2180. The van der Waals surface area contributed by atoms with Gasteiger partial charge in [-0.25, -0.2) is 9.97 Å². The van der Waals surface area contributed by atoms with Crippen molar-refractivity contribution in [2.45, 2.75) is 45.7 Å². The number of carbonyl (C=O) groups is 3. The number of nitrogens with one attached hydrogen (secondary N) is 4. The number of benzene rings is 3. The number of thiophene rings is 1. The fourth-order valence-electron chi connectivity index (χ4n) is 7.23. The van der Waals surface area contributed by atoms with E-state index in [0.717, 1.165) is 65.0 Å². The zero-order valence-electron chi connectivity index (χ0n) is 28.6. The number of aromatic amines is 2. The first kappa shape index (κ1) is 33.4. The molecule has 3 aromatic carbocycles. The Balaban J connectivity index is 1.13. The summed E-state index contributed by atoms with van der Waals surface area (Å²) in [6.45, 7) is 6.19. The van der Waals surface area contributed by atoms with Crippen molar-refractivity contribution in [3.8, 4) is 22.4 Å². The normalized spacial score (nSPS) is 16.1. The molecule has 0 unspecified atom stereocenters. The number of nitrogens with zero attached hydrogens (tertiary/aromatic N) is 4. The molecule has 1 fully saturated rings. The number of hydrogen-bond acceptors (Lipinski definition) is 7. The van der Waals surface area contributed by atoms with Gasteiger partial charge in [-0.2, -0.15) is 0 Å². The molecule has 6 aromatic rings. The molecule has 3 aromatic heterocycles. The molecule has 0 saturated carbocycles. The summed E-state index contributed by atoms with van der Waals surface area (Å²) in [6.07, 6.45) is 5.14. The third-order valence-electron chi connectivity index (χ3n) is 9.75. The predicted molar refractivity (Wildman–Crippen MR) is 199 cm³/mol. The van der Waals surface area contributed by atoms with Crippen molar-refractivity contribution in [3.63, 3.8) is 0 Å². The summed E-state index contributed by atoms with van der Waals surface area (Å²) in [5.41, 5.74) is 6.03. The first-order chi connectivity index (χ1) is 24.4. The molecule has 1 aliphatic rings. The Kier molecular flexibility index (Phi) is 9.64. The van der Waals surface area contributed by atoms with Crippen molar-refractivity contribution in [3.05, 3.63) is 72.4 Å². The monoisotopic (exact) mass is 690 g/mol. The van der Waals surface area contributed by atoms with Gasteiger partial charge in [0.05, 0.1) is 48.6 Å². The van der Waals surface area contributed by atoms with Gasteiger partial charge in [-0.3, -0.25) is 14.4 Å². The lowest BCUT2D eigenvalue weighted by atomic mass is 9.97. The smallest absolute Gasteiger partial charge is 0.242 e. The number of imidazole rings is 2. The molecular weight excluding hydrogens is 649 g/mol. The van der Waals surface area contributed by atoms with Gasteiger partial charge in [0, 0.05) is 38.8 Å². The first-order valence-electron chi connectivity index (χ1n) is 17.3. The highest BCUT2D eigenvalue weighted by atomic mass is 32.1. The number of H-pyrrole nitrogens is 2. The molecule has 1 aliphatic heterocycles. The van der Waals surface area contributed by atoms with E-state index < -0.39 is 0 Å². The second-order valence-corrected chi connectivity index (χ2v) is 14.0. The highest BCUT2D eigenvalue weighted by molar-refractivity contribution is 7.25. The number of hydrogen-bond donors (Lipinski definition) is 4. The maximum Gasteiger partial charge on any atom is 0.242 e. The van der Waals surface area contributed by atoms with Crippen molar-refractivity contribution >= 4 is 60.8 Å². The van der Waals surface area contributed by atoms with Crippen LogP contribution in [0.2, 0.25) is 0 Å². The summed E-state index contributed by atoms with van der Waals surface area (Å²) < 4.78 is 2.39. The van der Waals surface area contributed by atoms with E-state index in [4.69, 9.17) is 4.98 Å². The minimum Gasteiger partial charge on any atom is -0.350 e. The van der Waals surface area contributed by atoms with E-state index in [-0.39, 0.29) is 24.4 Å². The largest absolute Gasteiger partial charge is 0.350 e. The van der Waals surface area contributed by atoms with Crippen LogP contribution >= 0.6 is 11.3 Å². The summed E-state index contributed by atoms with van der Waals surface area (Å²) in [7, 11) is 1.81. The molecule has 11 nitrogen and oxygen atoms in total. The van der Waals surface area contributed by atoms with Crippen molar-refractivity contribution in [1.82, 2.24) is 40.4 Å². The third kappa shape index (κ3) is 6.48. The minimum atomic E-state index is -0.142. The van der Waals surface area contributed by atoms with Crippen LogP contribution in [0.3, 0.4) is 0 Å². The van der Waals surface area contributed by atoms with Gasteiger partial charge >= 0.3 is 0 Å². The number of likely N-dealkylation sites (tertiary alicyclic amines) is 1. The highest BCUT2D eigenvalue weighted by Crippen LogP contribution is 2.40. The average Bonchev–Trinajstić information content (AvgIpc) is 3.93. The van der Waals surface area contributed by atoms with Crippen LogP contribution in [0.4, 0.5) is 0 Å². The summed E-state index contributed by atoms with van der Waals surface area (Å²) in [6, 6.07) is 19.4. The van der Waals surface area contributed by atoms with Gasteiger partial charge < -0.3 is 30.4 Å². The summed E-state index contributed by atoms with van der Waals surface area (Å²) >= 11 is 1.76. The number of carbonyl (C=O) groups excluding carboxylic acids is 3. The zero-order valence-corrected chi connectivity index (χ0v) is 29.4. The molecule has 2 atom stereocenters. The molecule has 4 N–H and O–H groups in total. The predicted octanol–water partition coefficient (Wildman–Crippen LogP) is 5.99. The molecule has 0 aliphatic carbocycles. The van der Waals surface area contributed by atoms with Crippen LogP contribution in [0.15, 0.2) is 60.8 Å². The third-order valence-corrected chi connectivity index (χ3v) is 10.9. The molecule has 0 radical (unpaired) electrons. The van der Waals surface area contributed by atoms with E-state index in [1.54, 1.807) is 23.3 Å². The lowest BCUT2D eigenvalue weighted by Crippen LogP contribution is -2.38. The topological polar surface area (TPSA) is 139 Å². The molecule has 0 bridgehead atoms. The number of fused-ring (bicyclic) bond motifs is 4. The average molecular weight is 691 g/mol. The lowest BCUT2D eigenvalue weighted by Gasteiger charge is -2.26. The van der Waals surface area contributed by atoms with Crippen LogP contribution in [-0.2, 0) is 20.9 Å². The fraction of sp³-hybridized carbons (Fsp3) is 0.342. The lowest BCUT2D eigenvalue weighted by molar-refractivity contribution is -0.132. The van der Waals surface area contributed by atoms with Crippen molar-refractivity contribution < 1.29 is 14.4 Å². The number of rotatable bonds is 13. The van der Waals surface area contributed by atoms with Gasteiger partial charge in [0.2, 0.25) is 18.2 Å². The second-order valence-electron chi connectivity index (χ2n) is 13.0. The molecule has 1 saturated heterocycles. The van der Waals surface area contributed by atoms with Crippen molar-refractivity contribution in [1.29, 1.82) is 0 Å². The van der Waals surface area contributed by atoms with Crippen LogP contribution in [0.1, 0.15) is 50.8 Å². The quantitative estimate of drug-likeness (QED) is 0.110. The second kappa shape index (κ2) is 14.4. The van der Waals surface area contributed by atoms with Gasteiger partial charge in [0.15, 0.2) is 0 Å². The number of aromatic nitrogens is 4. The van der Waals surface area contributed by atoms with Crippen LogP contribution < -0.4 is 10.6 Å². The van der Waals surface area contributed by atoms with Gasteiger partial charge in [-0.1, -0.05) is 50.6 Å².